The Kier molecular flexibility index (Phi) is 27.9. The first-order chi connectivity index (χ1) is 22.8. The fraction of sp³-hybridized carbons (Fsp3) is 0.921. The monoisotopic (exact) mass is 672 g/mol. The highest BCUT2D eigenvalue weighted by Gasteiger charge is 2.44. The molecular weight excluding hydrogens is 598 g/mol. The number of ether oxygens (including phenoxy) is 2. The zero-order valence-electron chi connectivity index (χ0n) is 30.0. The van der Waals surface area contributed by atoms with Crippen LogP contribution in [0, 0.1) is 0 Å². The van der Waals surface area contributed by atoms with E-state index in [2.05, 4.69) is 31.3 Å². The number of unbranched alkanes of at least 4 members (excludes halogenated alkanes) is 19. The molecule has 9 heteroatoms. The highest BCUT2D eigenvalue weighted by atomic mass is 16.7. The molecule has 9 nitrogen and oxygen atoms in total. The van der Waals surface area contributed by atoms with Crippen LogP contribution < -0.4 is 5.32 Å². The third-order valence-electron chi connectivity index (χ3n) is 9.37. The van der Waals surface area contributed by atoms with E-state index < -0.39 is 49.5 Å². The van der Waals surface area contributed by atoms with Crippen molar-refractivity contribution >= 4 is 5.91 Å². The van der Waals surface area contributed by atoms with Gasteiger partial charge in [0.1, 0.15) is 24.4 Å². The van der Waals surface area contributed by atoms with Crippen molar-refractivity contribution in [2.75, 3.05) is 13.2 Å². The molecule has 0 aliphatic carbocycles. The predicted molar refractivity (Wildman–Crippen MR) is 189 cm³/mol. The SMILES string of the molecule is CCCCCC/C=C\CCCCCCCCCC(=O)NC(COC1OC(CO)C(O)C(O)C1O)C(O)CCCCCCCCCCC. The molecule has 1 saturated heterocycles. The maximum Gasteiger partial charge on any atom is 0.220 e. The summed E-state index contributed by atoms with van der Waals surface area (Å²) >= 11 is 0. The molecule has 278 valence electrons. The summed E-state index contributed by atoms with van der Waals surface area (Å²) in [6.45, 7) is 3.77. The van der Waals surface area contributed by atoms with Crippen molar-refractivity contribution in [3.05, 3.63) is 12.2 Å². The lowest BCUT2D eigenvalue weighted by molar-refractivity contribution is -0.302. The van der Waals surface area contributed by atoms with Gasteiger partial charge >= 0.3 is 0 Å². The summed E-state index contributed by atoms with van der Waals surface area (Å²) in [4.78, 5) is 12.9. The molecule has 0 aromatic carbocycles. The lowest BCUT2D eigenvalue weighted by Crippen LogP contribution is -2.60. The summed E-state index contributed by atoms with van der Waals surface area (Å²) < 4.78 is 11.2. The Morgan fingerprint density at radius 1 is 0.702 bits per heavy atom. The maximum atomic E-state index is 12.9. The van der Waals surface area contributed by atoms with E-state index in [9.17, 15) is 30.3 Å². The molecule has 47 heavy (non-hydrogen) atoms. The van der Waals surface area contributed by atoms with Crippen LogP contribution in [0.4, 0.5) is 0 Å². The van der Waals surface area contributed by atoms with Crippen LogP contribution in [-0.4, -0.2) is 87.5 Å². The van der Waals surface area contributed by atoms with E-state index in [-0.39, 0.29) is 12.5 Å². The average molecular weight is 672 g/mol. The average Bonchev–Trinajstić information content (AvgIpc) is 3.07. The number of carbonyl (C=O) groups excluding carboxylic acids is 1. The van der Waals surface area contributed by atoms with Gasteiger partial charge in [-0.3, -0.25) is 4.79 Å². The second-order valence-corrected chi connectivity index (χ2v) is 13.7. The molecule has 1 aliphatic rings. The molecule has 1 fully saturated rings. The molecule has 0 aromatic heterocycles. The van der Waals surface area contributed by atoms with Crippen molar-refractivity contribution in [1.82, 2.24) is 5.32 Å². The van der Waals surface area contributed by atoms with Gasteiger partial charge in [0.05, 0.1) is 25.4 Å². The minimum atomic E-state index is -1.55. The van der Waals surface area contributed by atoms with Gasteiger partial charge < -0.3 is 40.3 Å². The van der Waals surface area contributed by atoms with Gasteiger partial charge in [0, 0.05) is 6.42 Å². The molecule has 0 radical (unpaired) electrons. The molecule has 6 N–H and O–H groups in total. The third kappa shape index (κ3) is 21.6. The zero-order chi connectivity index (χ0) is 34.5. The Hall–Kier alpha value is -1.07. The number of aliphatic hydroxyl groups excluding tert-OH is 5. The molecule has 1 aliphatic heterocycles. The lowest BCUT2D eigenvalue weighted by Gasteiger charge is -2.40. The third-order valence-corrected chi connectivity index (χ3v) is 9.37. The Morgan fingerprint density at radius 2 is 1.19 bits per heavy atom. The molecule has 1 rings (SSSR count). The first-order valence-electron chi connectivity index (χ1n) is 19.4. The number of allylic oxidation sites excluding steroid dienone is 2. The quantitative estimate of drug-likeness (QED) is 0.0357. The summed E-state index contributed by atoms with van der Waals surface area (Å²) in [5.41, 5.74) is 0. The molecule has 1 amide bonds. The minimum absolute atomic E-state index is 0.138. The van der Waals surface area contributed by atoms with Crippen LogP contribution in [0.15, 0.2) is 12.2 Å². The second kappa shape index (κ2) is 29.8. The predicted octanol–water partition coefficient (Wildman–Crippen LogP) is 6.61. The van der Waals surface area contributed by atoms with Gasteiger partial charge in [0.2, 0.25) is 5.91 Å². The number of nitrogens with one attached hydrogen (secondary N) is 1. The van der Waals surface area contributed by atoms with E-state index in [4.69, 9.17) is 9.47 Å². The highest BCUT2D eigenvalue weighted by Crippen LogP contribution is 2.23. The van der Waals surface area contributed by atoms with Crippen LogP contribution in [0.1, 0.15) is 168 Å². The molecule has 0 saturated carbocycles. The van der Waals surface area contributed by atoms with Crippen molar-refractivity contribution in [3.8, 4) is 0 Å². The number of hydrogen-bond donors (Lipinski definition) is 6. The Bertz CT molecular complexity index is 751. The van der Waals surface area contributed by atoms with Crippen LogP contribution >= 0.6 is 0 Å². The topological polar surface area (TPSA) is 149 Å². The smallest absolute Gasteiger partial charge is 0.220 e. The maximum absolute atomic E-state index is 12.9. The van der Waals surface area contributed by atoms with Crippen LogP contribution in [0.5, 0.6) is 0 Å². The molecule has 1 heterocycles. The molecule has 7 atom stereocenters. The molecule has 7 unspecified atom stereocenters. The van der Waals surface area contributed by atoms with Crippen LogP contribution in [-0.2, 0) is 14.3 Å². The van der Waals surface area contributed by atoms with Crippen LogP contribution in [0.3, 0.4) is 0 Å². The van der Waals surface area contributed by atoms with Gasteiger partial charge in [0.25, 0.3) is 0 Å². The number of amides is 1. The minimum Gasteiger partial charge on any atom is -0.394 e. The first-order valence-corrected chi connectivity index (χ1v) is 19.4. The molecule has 0 bridgehead atoms. The Morgan fingerprint density at radius 3 is 1.74 bits per heavy atom. The van der Waals surface area contributed by atoms with Gasteiger partial charge in [-0.2, -0.15) is 0 Å². The summed E-state index contributed by atoms with van der Waals surface area (Å²) in [5, 5.41) is 53.9. The van der Waals surface area contributed by atoms with E-state index in [1.807, 2.05) is 0 Å². The number of rotatable bonds is 31. The van der Waals surface area contributed by atoms with Crippen molar-refractivity contribution in [3.63, 3.8) is 0 Å². The summed E-state index contributed by atoms with van der Waals surface area (Å²) in [6, 6.07) is -0.714. The largest absolute Gasteiger partial charge is 0.394 e. The molecular formula is C38H73NO8. The van der Waals surface area contributed by atoms with E-state index in [1.54, 1.807) is 0 Å². The van der Waals surface area contributed by atoms with E-state index >= 15 is 0 Å². The highest BCUT2D eigenvalue weighted by molar-refractivity contribution is 5.76. The zero-order valence-corrected chi connectivity index (χ0v) is 30.0. The van der Waals surface area contributed by atoms with Crippen molar-refractivity contribution in [2.24, 2.45) is 0 Å². The normalized spacial score (nSPS) is 22.9. The van der Waals surface area contributed by atoms with Crippen molar-refractivity contribution in [1.29, 1.82) is 0 Å². The fourth-order valence-electron chi connectivity index (χ4n) is 6.15. The number of aliphatic hydroxyl groups is 5. The van der Waals surface area contributed by atoms with Crippen molar-refractivity contribution in [2.45, 2.75) is 211 Å². The van der Waals surface area contributed by atoms with E-state index in [1.165, 1.54) is 103 Å². The summed E-state index contributed by atoms with van der Waals surface area (Å²) in [6.07, 6.45) is 23.6. The summed E-state index contributed by atoms with van der Waals surface area (Å²) in [5.74, 6) is -0.153. The summed E-state index contributed by atoms with van der Waals surface area (Å²) in [7, 11) is 0. The standard InChI is InChI=1S/C38H73NO8/c1-3-5-7-9-11-13-14-15-16-17-18-20-22-24-26-28-34(42)39-31(32(41)27-25-23-21-19-12-10-8-6-4-2)30-46-38-37(45)36(44)35(43)33(29-40)47-38/h13-14,31-33,35-38,40-41,43-45H,3-12,15-30H2,1-2H3,(H,39,42)/b14-13-. The Labute approximate surface area is 286 Å². The van der Waals surface area contributed by atoms with Crippen LogP contribution in [0.2, 0.25) is 0 Å². The van der Waals surface area contributed by atoms with Crippen molar-refractivity contribution < 1.29 is 39.8 Å². The molecule has 0 spiro atoms. The second-order valence-electron chi connectivity index (χ2n) is 13.7. The number of carbonyl (C=O) groups is 1. The molecule has 0 aromatic rings. The van der Waals surface area contributed by atoms with E-state index in [0.29, 0.717) is 12.8 Å². The lowest BCUT2D eigenvalue weighted by atomic mass is 9.99. The van der Waals surface area contributed by atoms with E-state index in [0.717, 1.165) is 38.5 Å². The van der Waals surface area contributed by atoms with Gasteiger partial charge in [-0.05, 0) is 38.5 Å². The first kappa shape index (κ1) is 44.0. The van der Waals surface area contributed by atoms with Crippen LogP contribution in [0.25, 0.3) is 0 Å². The van der Waals surface area contributed by atoms with Gasteiger partial charge in [0.15, 0.2) is 6.29 Å². The number of hydrogen-bond acceptors (Lipinski definition) is 8. The van der Waals surface area contributed by atoms with Gasteiger partial charge in [-0.25, -0.2) is 0 Å². The fourth-order valence-corrected chi connectivity index (χ4v) is 6.15. The van der Waals surface area contributed by atoms with Gasteiger partial charge in [-0.1, -0.05) is 135 Å². The Balaban J connectivity index is 2.39. The van der Waals surface area contributed by atoms with Gasteiger partial charge in [-0.15, -0.1) is 0 Å².